The van der Waals surface area contributed by atoms with Gasteiger partial charge in [0.1, 0.15) is 11.5 Å². The summed E-state index contributed by atoms with van der Waals surface area (Å²) in [5.74, 6) is 1.89. The van der Waals surface area contributed by atoms with E-state index in [0.717, 1.165) is 17.1 Å². The van der Waals surface area contributed by atoms with E-state index in [2.05, 4.69) is 251 Å². The van der Waals surface area contributed by atoms with Crippen molar-refractivity contribution in [1.82, 2.24) is 0 Å². The van der Waals surface area contributed by atoms with Crippen LogP contribution in [0.25, 0.3) is 22.3 Å². The third-order valence-electron chi connectivity index (χ3n) is 14.4. The van der Waals surface area contributed by atoms with Crippen molar-refractivity contribution in [2.75, 3.05) is 0 Å². The summed E-state index contributed by atoms with van der Waals surface area (Å²) in [5.41, 5.74) is 12.3. The summed E-state index contributed by atoms with van der Waals surface area (Å²) >= 11 is 1.94. The van der Waals surface area contributed by atoms with Crippen molar-refractivity contribution in [3.63, 3.8) is 0 Å². The summed E-state index contributed by atoms with van der Waals surface area (Å²) in [6.07, 6.45) is 0. The summed E-state index contributed by atoms with van der Waals surface area (Å²) in [7, 11) is -3.08. The summed E-state index contributed by atoms with van der Waals surface area (Å²) < 4.78 is 7.05. The molecule has 65 heavy (non-hydrogen) atoms. The predicted octanol–water partition coefficient (Wildman–Crippen LogP) is 14.2. The molecule has 0 N–H and O–H groups in total. The topological polar surface area (TPSA) is 9.23 Å². The number of hydrogen-bond donors (Lipinski definition) is 0. The first-order valence-corrected chi connectivity index (χ1v) is 26.1. The molecule has 0 amide bonds. The monoisotopic (exact) mass is 880 g/mol. The van der Waals surface area contributed by atoms with E-state index in [1.54, 1.807) is 0 Å². The SMILES string of the molecule is CC(C)(C)c1ccc([Si](c2ccccc2)(c2ccccc2)c2ccc(C(C)(C)C)c(-c3cccc4c3Sc3ccccc3C4(C)C)c2)cc1-c1cccc2c1Oc1ccccc1C2(C)C. The van der Waals surface area contributed by atoms with Gasteiger partial charge in [-0.15, -0.1) is 0 Å². The Hall–Kier alpha value is -5.87. The second-order valence-corrected chi connectivity index (χ2v) is 26.2. The second-order valence-electron chi connectivity index (χ2n) is 21.3. The minimum absolute atomic E-state index is 0.104. The standard InChI is InChI=1S/C62H60OSSi/c1-59(2,3)49-37-35-43(39-47(49)45-27-21-31-53-57(45)63-55-33-19-17-29-51(55)61(53,7)8)65(41-23-13-11-14-24-41,42-25-15-12-16-26-42)44-36-38-50(60(4,5)6)48(40-44)46-28-22-32-54-58(46)64-56-34-20-18-30-52(56)62(54,9)10/h11-40H,1-10H3. The molecule has 0 saturated carbocycles. The van der Waals surface area contributed by atoms with Crippen LogP contribution in [0.1, 0.15) is 103 Å². The fourth-order valence-electron chi connectivity index (χ4n) is 11.0. The smallest absolute Gasteiger partial charge is 0.179 e. The average molecular weight is 881 g/mol. The first-order chi connectivity index (χ1) is 31.0. The highest BCUT2D eigenvalue weighted by atomic mass is 32.2. The van der Waals surface area contributed by atoms with Crippen LogP contribution in [0.3, 0.4) is 0 Å². The Labute approximate surface area is 393 Å². The average Bonchev–Trinajstić information content (AvgIpc) is 3.29. The van der Waals surface area contributed by atoms with E-state index < -0.39 is 8.07 Å². The molecule has 0 atom stereocenters. The number of para-hydroxylation sites is 2. The Bertz CT molecular complexity index is 2900. The summed E-state index contributed by atoms with van der Waals surface area (Å²) in [5, 5.41) is 5.43. The molecule has 3 heteroatoms. The lowest BCUT2D eigenvalue weighted by Gasteiger charge is -2.38. The van der Waals surface area contributed by atoms with Gasteiger partial charge in [0.15, 0.2) is 8.07 Å². The minimum atomic E-state index is -3.08. The molecule has 0 bridgehead atoms. The van der Waals surface area contributed by atoms with Gasteiger partial charge in [0.25, 0.3) is 0 Å². The van der Waals surface area contributed by atoms with Crippen LogP contribution < -0.4 is 25.5 Å². The molecule has 0 spiro atoms. The van der Waals surface area contributed by atoms with Gasteiger partial charge in [-0.2, -0.15) is 0 Å². The van der Waals surface area contributed by atoms with E-state index >= 15 is 0 Å². The Balaban J connectivity index is 1.28. The zero-order valence-electron chi connectivity index (χ0n) is 39.6. The van der Waals surface area contributed by atoms with Crippen molar-refractivity contribution in [3.8, 4) is 33.8 Å². The highest BCUT2D eigenvalue weighted by Gasteiger charge is 2.44. The van der Waals surface area contributed by atoms with Gasteiger partial charge in [-0.3, -0.25) is 0 Å². The zero-order valence-corrected chi connectivity index (χ0v) is 41.5. The first-order valence-electron chi connectivity index (χ1n) is 23.3. The van der Waals surface area contributed by atoms with Gasteiger partial charge in [0.2, 0.25) is 0 Å². The van der Waals surface area contributed by atoms with Crippen molar-refractivity contribution in [2.45, 2.75) is 101 Å². The largest absolute Gasteiger partial charge is 0.456 e. The lowest BCUT2D eigenvalue weighted by molar-refractivity contribution is 0.419. The normalized spacial score (nSPS) is 14.9. The molecule has 0 unspecified atom stereocenters. The molecule has 8 aromatic rings. The second kappa shape index (κ2) is 15.6. The molecule has 0 fully saturated rings. The van der Waals surface area contributed by atoms with Crippen molar-refractivity contribution in [3.05, 3.63) is 215 Å². The molecule has 0 radical (unpaired) electrons. The number of ether oxygens (including phenoxy) is 1. The van der Waals surface area contributed by atoms with Crippen molar-refractivity contribution in [2.24, 2.45) is 0 Å². The zero-order chi connectivity index (χ0) is 45.5. The lowest BCUT2D eigenvalue weighted by atomic mass is 9.74. The Kier molecular flexibility index (Phi) is 10.4. The molecule has 0 aliphatic carbocycles. The summed E-state index contributed by atoms with van der Waals surface area (Å²) in [6.45, 7) is 23.6. The van der Waals surface area contributed by atoms with Gasteiger partial charge >= 0.3 is 0 Å². The number of hydrogen-bond acceptors (Lipinski definition) is 2. The minimum Gasteiger partial charge on any atom is -0.456 e. The molecular formula is C62H60OSSi. The highest BCUT2D eigenvalue weighted by molar-refractivity contribution is 7.99. The lowest BCUT2D eigenvalue weighted by Crippen LogP contribution is -2.74. The molecule has 2 aliphatic heterocycles. The van der Waals surface area contributed by atoms with Gasteiger partial charge in [-0.1, -0.05) is 251 Å². The predicted molar refractivity (Wildman–Crippen MR) is 280 cm³/mol. The fraction of sp³-hybridized carbons (Fsp3) is 0.226. The van der Waals surface area contributed by atoms with Crippen LogP contribution in [-0.4, -0.2) is 8.07 Å². The van der Waals surface area contributed by atoms with Crippen LogP contribution in [-0.2, 0) is 21.7 Å². The maximum absolute atomic E-state index is 7.05. The Morgan fingerprint density at radius 3 is 1.45 bits per heavy atom. The van der Waals surface area contributed by atoms with E-state index in [1.165, 1.54) is 80.6 Å². The molecule has 0 aromatic heterocycles. The van der Waals surface area contributed by atoms with Gasteiger partial charge in [-0.05, 0) is 82.7 Å². The van der Waals surface area contributed by atoms with Gasteiger partial charge < -0.3 is 4.74 Å². The molecule has 2 aliphatic rings. The van der Waals surface area contributed by atoms with E-state index in [-0.39, 0.29) is 21.7 Å². The molecule has 0 saturated heterocycles. The van der Waals surface area contributed by atoms with Gasteiger partial charge in [-0.25, -0.2) is 0 Å². The number of benzene rings is 8. The number of rotatable bonds is 6. The number of fused-ring (bicyclic) bond motifs is 4. The third kappa shape index (κ3) is 6.97. The van der Waals surface area contributed by atoms with Crippen LogP contribution in [0.15, 0.2) is 192 Å². The molecule has 8 aromatic carbocycles. The molecule has 1 nitrogen and oxygen atoms in total. The van der Waals surface area contributed by atoms with Crippen LogP contribution in [0.2, 0.25) is 0 Å². The molecule has 2 heterocycles. The Morgan fingerprint density at radius 2 is 0.862 bits per heavy atom. The maximum atomic E-state index is 7.05. The first kappa shape index (κ1) is 43.0. The van der Waals surface area contributed by atoms with E-state index in [1.807, 2.05) is 11.8 Å². The van der Waals surface area contributed by atoms with Crippen LogP contribution in [0, 0.1) is 0 Å². The molecule has 10 rings (SSSR count). The van der Waals surface area contributed by atoms with Crippen LogP contribution in [0.5, 0.6) is 11.5 Å². The molecule has 324 valence electrons. The van der Waals surface area contributed by atoms with Crippen molar-refractivity contribution < 1.29 is 4.74 Å². The van der Waals surface area contributed by atoms with Crippen molar-refractivity contribution >= 4 is 40.6 Å². The van der Waals surface area contributed by atoms with Gasteiger partial charge in [0, 0.05) is 37.3 Å². The Morgan fingerprint density at radius 1 is 0.400 bits per heavy atom. The van der Waals surface area contributed by atoms with E-state index in [9.17, 15) is 0 Å². The third-order valence-corrected chi connectivity index (χ3v) is 20.4. The highest BCUT2D eigenvalue weighted by Crippen LogP contribution is 2.54. The fourth-order valence-corrected chi connectivity index (χ4v) is 17.3. The molecular weight excluding hydrogens is 821 g/mol. The maximum Gasteiger partial charge on any atom is 0.179 e. The summed E-state index contributed by atoms with van der Waals surface area (Å²) in [4.78, 5) is 2.70. The quantitative estimate of drug-likeness (QED) is 0.122. The van der Waals surface area contributed by atoms with Crippen molar-refractivity contribution in [1.29, 1.82) is 0 Å². The van der Waals surface area contributed by atoms with Crippen LogP contribution in [0.4, 0.5) is 0 Å². The van der Waals surface area contributed by atoms with Crippen LogP contribution >= 0.6 is 11.8 Å². The van der Waals surface area contributed by atoms with E-state index in [4.69, 9.17) is 4.74 Å². The van der Waals surface area contributed by atoms with Gasteiger partial charge in [0.05, 0.1) is 0 Å². The van der Waals surface area contributed by atoms with E-state index in [0.29, 0.717) is 0 Å². The summed E-state index contributed by atoms with van der Waals surface area (Å²) in [6, 6.07) is 69.3.